The Bertz CT molecular complexity index is 1140. The number of sulfone groups is 1. The summed E-state index contributed by atoms with van der Waals surface area (Å²) in [5.41, 5.74) is 4.04. The summed E-state index contributed by atoms with van der Waals surface area (Å²) >= 11 is 5.99. The van der Waals surface area contributed by atoms with Gasteiger partial charge in [-0.25, -0.2) is 12.8 Å². The first-order chi connectivity index (χ1) is 13.6. The molecule has 2 atom stereocenters. The molecule has 0 radical (unpaired) electrons. The van der Waals surface area contributed by atoms with Gasteiger partial charge in [-0.3, -0.25) is 4.79 Å². The number of carboxylic acid groups (broad SMARTS) is 1. The monoisotopic (exact) mass is 434 g/mol. The quantitative estimate of drug-likeness (QED) is 0.729. The smallest absolute Gasteiger partial charge is 0.303 e. The van der Waals surface area contributed by atoms with Crippen LogP contribution in [-0.2, 0) is 21.1 Å². The molecule has 0 saturated heterocycles. The summed E-state index contributed by atoms with van der Waals surface area (Å²) in [6, 6.07) is 9.78. The molecule has 0 saturated carbocycles. The molecule has 152 valence electrons. The molecule has 0 aromatic heterocycles. The lowest BCUT2D eigenvalue weighted by molar-refractivity contribution is -0.137. The minimum atomic E-state index is -3.66. The molecule has 29 heavy (non-hydrogen) atoms. The molecule has 0 fully saturated rings. The number of fused-ring (bicyclic) bond motifs is 2. The van der Waals surface area contributed by atoms with E-state index in [1.54, 1.807) is 12.1 Å². The fourth-order valence-corrected chi connectivity index (χ4v) is 5.91. The van der Waals surface area contributed by atoms with Crippen molar-refractivity contribution in [3.63, 3.8) is 0 Å². The van der Waals surface area contributed by atoms with Crippen LogP contribution in [0.4, 0.5) is 4.39 Å². The van der Waals surface area contributed by atoms with Crippen molar-refractivity contribution >= 4 is 33.0 Å². The summed E-state index contributed by atoms with van der Waals surface area (Å²) in [4.78, 5) is 11.4. The zero-order valence-electron chi connectivity index (χ0n) is 15.8. The van der Waals surface area contributed by atoms with Gasteiger partial charge in [0.2, 0.25) is 0 Å². The fourth-order valence-electron chi connectivity index (χ4n) is 4.81. The lowest BCUT2D eigenvalue weighted by Crippen LogP contribution is -2.16. The number of hydrogen-bond donors (Lipinski definition) is 1. The molecular weight excluding hydrogens is 415 g/mol. The van der Waals surface area contributed by atoms with Crippen LogP contribution in [0.25, 0.3) is 5.57 Å². The molecule has 7 heteroatoms. The second kappa shape index (κ2) is 7.26. The van der Waals surface area contributed by atoms with Crippen molar-refractivity contribution in [1.29, 1.82) is 0 Å². The van der Waals surface area contributed by atoms with E-state index in [2.05, 4.69) is 0 Å². The minimum Gasteiger partial charge on any atom is -0.481 e. The van der Waals surface area contributed by atoms with Gasteiger partial charge in [-0.1, -0.05) is 29.3 Å². The summed E-state index contributed by atoms with van der Waals surface area (Å²) in [7, 11) is -3.66. The van der Waals surface area contributed by atoms with Crippen LogP contribution in [0.3, 0.4) is 0 Å². The number of aliphatic carboxylic acids is 1. The average Bonchev–Trinajstić information content (AvgIpc) is 3.15. The molecule has 2 aromatic carbocycles. The van der Waals surface area contributed by atoms with Crippen LogP contribution in [-0.4, -0.2) is 25.7 Å². The Hall–Kier alpha value is -2.18. The molecule has 4 rings (SSSR count). The fraction of sp³-hybridized carbons (Fsp3) is 0.318. The zero-order valence-corrected chi connectivity index (χ0v) is 17.4. The van der Waals surface area contributed by atoms with E-state index in [9.17, 15) is 22.7 Å². The molecule has 2 aliphatic carbocycles. The molecule has 0 aliphatic heterocycles. The second-order valence-corrected chi connectivity index (χ2v) is 10.2. The van der Waals surface area contributed by atoms with E-state index in [-0.39, 0.29) is 23.2 Å². The maximum Gasteiger partial charge on any atom is 0.303 e. The van der Waals surface area contributed by atoms with E-state index in [4.69, 9.17) is 11.6 Å². The lowest BCUT2D eigenvalue weighted by Gasteiger charge is -2.23. The van der Waals surface area contributed by atoms with Gasteiger partial charge in [0, 0.05) is 17.2 Å². The van der Waals surface area contributed by atoms with Crippen LogP contribution < -0.4 is 0 Å². The van der Waals surface area contributed by atoms with E-state index in [1.807, 2.05) is 12.1 Å². The Morgan fingerprint density at radius 1 is 1.24 bits per heavy atom. The standard InChI is InChI=1S/C22H20ClFO4S/c1-29(27,28)19-11-15(24)10-17-16-7-4-13(9-20(25)26)21(16)18(22(17)19)8-12-2-5-14(23)6-3-12/h2-3,5-6,10-11,13,18H,4,7-9H2,1H3,(H,25,26). The third-order valence-corrected chi connectivity index (χ3v) is 7.25. The summed E-state index contributed by atoms with van der Waals surface area (Å²) in [5.74, 6) is -1.95. The Morgan fingerprint density at radius 3 is 2.55 bits per heavy atom. The molecule has 2 unspecified atom stereocenters. The summed E-state index contributed by atoms with van der Waals surface area (Å²) < 4.78 is 39.3. The van der Waals surface area contributed by atoms with Crippen molar-refractivity contribution in [2.45, 2.75) is 36.5 Å². The molecule has 0 bridgehead atoms. The van der Waals surface area contributed by atoms with E-state index in [1.165, 1.54) is 6.07 Å². The SMILES string of the molecule is CS(=O)(=O)c1cc(F)cc2c1C(Cc1ccc(Cl)cc1)C1=C2CCC1CC(=O)O. The van der Waals surface area contributed by atoms with Crippen molar-refractivity contribution < 1.29 is 22.7 Å². The van der Waals surface area contributed by atoms with E-state index < -0.39 is 21.6 Å². The maximum atomic E-state index is 14.3. The van der Waals surface area contributed by atoms with Crippen molar-refractivity contribution in [3.05, 3.63) is 69.5 Å². The van der Waals surface area contributed by atoms with Crippen molar-refractivity contribution in [2.24, 2.45) is 5.92 Å². The average molecular weight is 435 g/mol. The molecule has 0 spiro atoms. The van der Waals surface area contributed by atoms with Crippen LogP contribution in [0.15, 0.2) is 46.9 Å². The Balaban J connectivity index is 1.89. The van der Waals surface area contributed by atoms with Gasteiger partial charge in [-0.15, -0.1) is 0 Å². The third-order valence-electron chi connectivity index (χ3n) is 5.86. The van der Waals surface area contributed by atoms with Gasteiger partial charge in [0.25, 0.3) is 0 Å². The molecule has 0 heterocycles. The van der Waals surface area contributed by atoms with Gasteiger partial charge in [-0.05, 0) is 71.7 Å². The van der Waals surface area contributed by atoms with Crippen molar-refractivity contribution in [2.75, 3.05) is 6.26 Å². The normalized spacial score (nSPS) is 20.7. The summed E-state index contributed by atoms with van der Waals surface area (Å²) in [6.45, 7) is 0. The topological polar surface area (TPSA) is 71.4 Å². The zero-order chi connectivity index (χ0) is 20.9. The van der Waals surface area contributed by atoms with Gasteiger partial charge >= 0.3 is 5.97 Å². The Morgan fingerprint density at radius 2 is 1.93 bits per heavy atom. The highest BCUT2D eigenvalue weighted by Crippen LogP contribution is 2.56. The first-order valence-electron chi connectivity index (χ1n) is 9.38. The second-order valence-electron chi connectivity index (χ2n) is 7.79. The molecule has 4 nitrogen and oxygen atoms in total. The lowest BCUT2D eigenvalue weighted by atomic mass is 9.82. The molecule has 1 N–H and O–H groups in total. The molecule has 0 amide bonds. The van der Waals surface area contributed by atoms with Crippen molar-refractivity contribution in [1.82, 2.24) is 0 Å². The van der Waals surface area contributed by atoms with E-state index in [0.717, 1.165) is 29.0 Å². The third kappa shape index (κ3) is 3.71. The predicted molar refractivity (Wildman–Crippen MR) is 109 cm³/mol. The van der Waals surface area contributed by atoms with Gasteiger partial charge in [0.1, 0.15) is 5.82 Å². The highest BCUT2D eigenvalue weighted by molar-refractivity contribution is 7.90. The van der Waals surface area contributed by atoms with Crippen LogP contribution in [0.2, 0.25) is 5.02 Å². The number of hydrogen-bond acceptors (Lipinski definition) is 3. The highest BCUT2D eigenvalue weighted by atomic mass is 35.5. The predicted octanol–water partition coefficient (Wildman–Crippen LogP) is 4.86. The largest absolute Gasteiger partial charge is 0.481 e. The number of allylic oxidation sites excluding steroid dienone is 2. The van der Waals surface area contributed by atoms with Crippen LogP contribution >= 0.6 is 11.6 Å². The van der Waals surface area contributed by atoms with Gasteiger partial charge in [0.05, 0.1) is 11.3 Å². The number of carbonyl (C=O) groups is 1. The number of benzene rings is 2. The van der Waals surface area contributed by atoms with Crippen LogP contribution in [0.1, 0.15) is 41.9 Å². The minimum absolute atomic E-state index is 0.00469. The van der Waals surface area contributed by atoms with Gasteiger partial charge in [0.15, 0.2) is 9.84 Å². The van der Waals surface area contributed by atoms with Crippen molar-refractivity contribution in [3.8, 4) is 0 Å². The Labute approximate surface area is 173 Å². The Kier molecular flexibility index (Phi) is 5.03. The first-order valence-corrected chi connectivity index (χ1v) is 11.6. The number of rotatable bonds is 5. The highest BCUT2D eigenvalue weighted by Gasteiger charge is 2.42. The number of halogens is 2. The molecule has 2 aromatic rings. The summed E-state index contributed by atoms with van der Waals surface area (Å²) in [6.07, 6.45) is 2.88. The maximum absolute atomic E-state index is 14.3. The van der Waals surface area contributed by atoms with E-state index >= 15 is 0 Å². The van der Waals surface area contributed by atoms with E-state index in [0.29, 0.717) is 35.4 Å². The summed E-state index contributed by atoms with van der Waals surface area (Å²) in [5, 5.41) is 9.95. The molecule has 2 aliphatic rings. The van der Waals surface area contributed by atoms with Gasteiger partial charge < -0.3 is 5.11 Å². The first kappa shape index (κ1) is 20.1. The van der Waals surface area contributed by atoms with Crippen LogP contribution in [0.5, 0.6) is 0 Å². The van der Waals surface area contributed by atoms with Crippen LogP contribution in [0, 0.1) is 11.7 Å². The number of carboxylic acids is 1. The van der Waals surface area contributed by atoms with Gasteiger partial charge in [-0.2, -0.15) is 0 Å². The molecular formula is C22H20ClFO4S.